The van der Waals surface area contributed by atoms with E-state index in [0.29, 0.717) is 5.92 Å². The molecule has 0 radical (unpaired) electrons. The van der Waals surface area contributed by atoms with Crippen LogP contribution in [0.1, 0.15) is 42.1 Å². The third-order valence-corrected chi connectivity index (χ3v) is 4.28. The van der Waals surface area contributed by atoms with Gasteiger partial charge in [-0.1, -0.05) is 24.6 Å². The van der Waals surface area contributed by atoms with Gasteiger partial charge in [-0.3, -0.25) is 9.97 Å². The summed E-state index contributed by atoms with van der Waals surface area (Å²) in [5.41, 5.74) is 3.70. The van der Waals surface area contributed by atoms with Crippen LogP contribution in [0.2, 0.25) is 5.02 Å². The molecule has 0 spiro atoms. The molecule has 0 saturated heterocycles. The van der Waals surface area contributed by atoms with Crippen molar-refractivity contribution in [3.05, 3.63) is 58.6 Å². The Balaban J connectivity index is 1.99. The summed E-state index contributed by atoms with van der Waals surface area (Å²) in [7, 11) is 0. The predicted octanol–water partition coefficient (Wildman–Crippen LogP) is 3.51. The van der Waals surface area contributed by atoms with E-state index in [0.717, 1.165) is 30.0 Å². The summed E-state index contributed by atoms with van der Waals surface area (Å²) >= 11 is 6.34. The fourth-order valence-electron chi connectivity index (χ4n) is 3.10. The van der Waals surface area contributed by atoms with Crippen molar-refractivity contribution in [1.82, 2.24) is 15.3 Å². The summed E-state index contributed by atoms with van der Waals surface area (Å²) in [5, 5.41) is 4.30. The molecule has 0 aliphatic heterocycles. The van der Waals surface area contributed by atoms with Crippen molar-refractivity contribution in [3.63, 3.8) is 0 Å². The lowest BCUT2D eigenvalue weighted by Gasteiger charge is -2.25. The summed E-state index contributed by atoms with van der Waals surface area (Å²) in [4.78, 5) is 8.68. The van der Waals surface area contributed by atoms with Gasteiger partial charge < -0.3 is 5.32 Å². The lowest BCUT2D eigenvalue weighted by molar-refractivity contribution is 0.447. The summed E-state index contributed by atoms with van der Waals surface area (Å²) in [6.07, 6.45) is 7.62. The van der Waals surface area contributed by atoms with Crippen LogP contribution in [0.5, 0.6) is 0 Å². The van der Waals surface area contributed by atoms with Crippen molar-refractivity contribution in [3.8, 4) is 0 Å². The molecular weight excluding hydrogens is 270 g/mol. The average molecular weight is 288 g/mol. The summed E-state index contributed by atoms with van der Waals surface area (Å²) in [6.45, 7) is 3.03. The van der Waals surface area contributed by atoms with Crippen molar-refractivity contribution in [2.75, 3.05) is 6.54 Å². The molecule has 0 fully saturated rings. The molecule has 1 aliphatic carbocycles. The maximum absolute atomic E-state index is 6.34. The van der Waals surface area contributed by atoms with Crippen LogP contribution < -0.4 is 5.32 Å². The van der Waals surface area contributed by atoms with Crippen molar-refractivity contribution >= 4 is 11.6 Å². The lowest BCUT2D eigenvalue weighted by atomic mass is 9.91. The van der Waals surface area contributed by atoms with E-state index in [9.17, 15) is 0 Å². The molecule has 4 heteroatoms. The Labute approximate surface area is 124 Å². The molecule has 2 unspecified atom stereocenters. The van der Waals surface area contributed by atoms with Crippen LogP contribution in [0.3, 0.4) is 0 Å². The van der Waals surface area contributed by atoms with Gasteiger partial charge in [0.1, 0.15) is 0 Å². The average Bonchev–Trinajstić information content (AvgIpc) is 2.90. The number of hydrogen-bond donors (Lipinski definition) is 1. The van der Waals surface area contributed by atoms with E-state index < -0.39 is 0 Å². The first kappa shape index (κ1) is 13.5. The van der Waals surface area contributed by atoms with Gasteiger partial charge in [0.05, 0.1) is 5.02 Å². The monoisotopic (exact) mass is 287 g/mol. The topological polar surface area (TPSA) is 37.8 Å². The number of halogens is 1. The Morgan fingerprint density at radius 1 is 1.40 bits per heavy atom. The minimum absolute atomic E-state index is 0.201. The van der Waals surface area contributed by atoms with E-state index in [1.807, 2.05) is 18.3 Å². The molecule has 0 saturated carbocycles. The molecule has 2 heterocycles. The quantitative estimate of drug-likeness (QED) is 0.935. The van der Waals surface area contributed by atoms with Gasteiger partial charge in [-0.05, 0) is 42.6 Å². The number of rotatable bonds is 4. The van der Waals surface area contributed by atoms with E-state index in [1.54, 1.807) is 12.4 Å². The first-order valence-corrected chi connectivity index (χ1v) is 7.45. The third-order valence-electron chi connectivity index (χ3n) is 3.97. The minimum atomic E-state index is 0.201. The molecular formula is C16H18ClN3. The van der Waals surface area contributed by atoms with Gasteiger partial charge in [-0.25, -0.2) is 0 Å². The maximum atomic E-state index is 6.34. The second-order valence-corrected chi connectivity index (χ2v) is 5.53. The lowest BCUT2D eigenvalue weighted by Crippen LogP contribution is -2.26. The zero-order chi connectivity index (χ0) is 13.9. The fourth-order valence-corrected chi connectivity index (χ4v) is 3.33. The number of pyridine rings is 2. The Kier molecular flexibility index (Phi) is 3.99. The van der Waals surface area contributed by atoms with Crippen molar-refractivity contribution < 1.29 is 0 Å². The molecule has 2 aromatic heterocycles. The van der Waals surface area contributed by atoms with E-state index in [4.69, 9.17) is 11.6 Å². The first-order chi connectivity index (χ1) is 9.81. The second kappa shape index (κ2) is 5.90. The Morgan fingerprint density at radius 3 is 3.10 bits per heavy atom. The van der Waals surface area contributed by atoms with Gasteiger partial charge in [0, 0.05) is 36.2 Å². The predicted molar refractivity (Wildman–Crippen MR) is 81.0 cm³/mol. The van der Waals surface area contributed by atoms with Gasteiger partial charge in [-0.2, -0.15) is 0 Å². The van der Waals surface area contributed by atoms with Crippen molar-refractivity contribution in [1.29, 1.82) is 0 Å². The highest BCUT2D eigenvalue weighted by atomic mass is 35.5. The molecule has 1 aliphatic rings. The fraction of sp³-hybridized carbons (Fsp3) is 0.375. The van der Waals surface area contributed by atoms with E-state index in [1.165, 1.54) is 11.3 Å². The van der Waals surface area contributed by atoms with Crippen LogP contribution in [0.15, 0.2) is 36.8 Å². The van der Waals surface area contributed by atoms with Crippen molar-refractivity contribution in [2.45, 2.75) is 31.7 Å². The summed E-state index contributed by atoms with van der Waals surface area (Å²) < 4.78 is 0. The number of fused-ring (bicyclic) bond motifs is 1. The van der Waals surface area contributed by atoms with Crippen LogP contribution in [-0.2, 0) is 6.42 Å². The molecule has 0 aromatic carbocycles. The van der Waals surface area contributed by atoms with Gasteiger partial charge in [0.25, 0.3) is 0 Å². The molecule has 3 rings (SSSR count). The number of aromatic nitrogens is 2. The smallest absolute Gasteiger partial charge is 0.0637 e. The standard InChI is InChI=1S/C16H18ClN3/c1-2-19-16(12-7-9-18-10-14(12)17)13-6-5-11-4-3-8-20-15(11)13/h3-4,7-10,13,16,19H,2,5-6H2,1H3. The van der Waals surface area contributed by atoms with Gasteiger partial charge >= 0.3 is 0 Å². The number of nitrogens with one attached hydrogen (secondary N) is 1. The molecule has 0 bridgehead atoms. The van der Waals surface area contributed by atoms with E-state index in [-0.39, 0.29) is 6.04 Å². The molecule has 104 valence electrons. The number of aryl methyl sites for hydroxylation is 1. The highest BCUT2D eigenvalue weighted by Gasteiger charge is 2.32. The van der Waals surface area contributed by atoms with Gasteiger partial charge in [0.15, 0.2) is 0 Å². The van der Waals surface area contributed by atoms with Gasteiger partial charge in [0.2, 0.25) is 0 Å². The van der Waals surface area contributed by atoms with Crippen molar-refractivity contribution in [2.24, 2.45) is 0 Å². The zero-order valence-corrected chi connectivity index (χ0v) is 12.3. The maximum Gasteiger partial charge on any atom is 0.0637 e. The third kappa shape index (κ3) is 2.43. The molecule has 1 N–H and O–H groups in total. The number of nitrogens with zero attached hydrogens (tertiary/aromatic N) is 2. The Morgan fingerprint density at radius 2 is 2.30 bits per heavy atom. The zero-order valence-electron chi connectivity index (χ0n) is 11.5. The van der Waals surface area contributed by atoms with Crippen LogP contribution >= 0.6 is 11.6 Å². The molecule has 2 aromatic rings. The largest absolute Gasteiger partial charge is 0.310 e. The highest BCUT2D eigenvalue weighted by Crippen LogP contribution is 2.41. The normalized spacial score (nSPS) is 18.8. The molecule has 0 amide bonds. The van der Waals surface area contributed by atoms with Crippen LogP contribution in [0, 0.1) is 0 Å². The minimum Gasteiger partial charge on any atom is -0.310 e. The highest BCUT2D eigenvalue weighted by molar-refractivity contribution is 6.31. The summed E-state index contributed by atoms with van der Waals surface area (Å²) in [6, 6.07) is 6.41. The van der Waals surface area contributed by atoms with E-state index >= 15 is 0 Å². The Hall–Kier alpha value is -1.45. The molecule has 20 heavy (non-hydrogen) atoms. The Bertz CT molecular complexity index is 600. The molecule has 3 nitrogen and oxygen atoms in total. The second-order valence-electron chi connectivity index (χ2n) is 5.13. The van der Waals surface area contributed by atoms with Crippen LogP contribution in [0.4, 0.5) is 0 Å². The van der Waals surface area contributed by atoms with Gasteiger partial charge in [-0.15, -0.1) is 0 Å². The van der Waals surface area contributed by atoms with Crippen LogP contribution in [-0.4, -0.2) is 16.5 Å². The molecule has 2 atom stereocenters. The SMILES string of the molecule is CCNC(c1ccncc1Cl)C1CCc2cccnc21. The number of likely N-dealkylation sites (N-methyl/N-ethyl adjacent to an activating group) is 1. The van der Waals surface area contributed by atoms with Crippen LogP contribution in [0.25, 0.3) is 0 Å². The number of hydrogen-bond acceptors (Lipinski definition) is 3. The summed E-state index contributed by atoms with van der Waals surface area (Å²) in [5.74, 6) is 0.381. The van der Waals surface area contributed by atoms with E-state index in [2.05, 4.69) is 28.3 Å². The first-order valence-electron chi connectivity index (χ1n) is 7.08.